The number of benzene rings is 2. The molecule has 0 aliphatic heterocycles. The van der Waals surface area contributed by atoms with Crippen LogP contribution >= 0.6 is 22.9 Å². The van der Waals surface area contributed by atoms with Gasteiger partial charge in [0.2, 0.25) is 5.91 Å². The molecule has 2 aromatic carbocycles. The summed E-state index contributed by atoms with van der Waals surface area (Å²) < 4.78 is 0. The third-order valence-corrected chi connectivity index (χ3v) is 4.91. The highest BCUT2D eigenvalue weighted by atomic mass is 35.5. The monoisotopic (exact) mass is 429 g/mol. The molecule has 150 valence electrons. The standard InChI is InChI=1S/C20H20ClN5O2S/c1-26(2)17-8-6-14(7-9-17)22-18(27)11-16-12-29-20(24-16)25-19(28)23-15-5-3-4-13(21)10-15/h3-10,12H,11H2,1-2H3,(H,22,27)(H2,23,24,25,28). The lowest BCUT2D eigenvalue weighted by molar-refractivity contribution is -0.115. The smallest absolute Gasteiger partial charge is 0.325 e. The first kappa shape index (κ1) is 20.6. The van der Waals surface area contributed by atoms with Gasteiger partial charge in [-0.1, -0.05) is 17.7 Å². The van der Waals surface area contributed by atoms with E-state index in [2.05, 4.69) is 20.9 Å². The van der Waals surface area contributed by atoms with Crippen LogP contribution in [0, 0.1) is 0 Å². The van der Waals surface area contributed by atoms with Crippen LogP contribution in [0.2, 0.25) is 5.02 Å². The van der Waals surface area contributed by atoms with Crippen molar-refractivity contribution in [3.63, 3.8) is 0 Å². The lowest BCUT2D eigenvalue weighted by atomic mass is 10.2. The Morgan fingerprint density at radius 1 is 1.03 bits per heavy atom. The zero-order valence-electron chi connectivity index (χ0n) is 15.9. The van der Waals surface area contributed by atoms with Gasteiger partial charge < -0.3 is 15.5 Å². The summed E-state index contributed by atoms with van der Waals surface area (Å²) in [7, 11) is 3.91. The second-order valence-electron chi connectivity index (χ2n) is 6.40. The number of aromatic nitrogens is 1. The van der Waals surface area contributed by atoms with Gasteiger partial charge in [0.1, 0.15) is 0 Å². The van der Waals surface area contributed by atoms with Crippen LogP contribution in [0.4, 0.5) is 27.0 Å². The van der Waals surface area contributed by atoms with E-state index in [1.165, 1.54) is 11.3 Å². The van der Waals surface area contributed by atoms with E-state index < -0.39 is 6.03 Å². The van der Waals surface area contributed by atoms with Crippen molar-refractivity contribution in [2.24, 2.45) is 0 Å². The number of halogens is 1. The van der Waals surface area contributed by atoms with Gasteiger partial charge in [0.25, 0.3) is 0 Å². The SMILES string of the molecule is CN(C)c1ccc(NC(=O)Cc2csc(NC(=O)Nc3cccc(Cl)c3)n2)cc1. The van der Waals surface area contributed by atoms with Gasteiger partial charge in [-0.15, -0.1) is 11.3 Å². The first-order chi connectivity index (χ1) is 13.9. The van der Waals surface area contributed by atoms with Crippen molar-refractivity contribution in [2.75, 3.05) is 34.9 Å². The number of nitrogens with zero attached hydrogens (tertiary/aromatic N) is 2. The molecule has 0 fully saturated rings. The maximum atomic E-state index is 12.2. The molecule has 29 heavy (non-hydrogen) atoms. The molecule has 9 heteroatoms. The molecule has 3 N–H and O–H groups in total. The van der Waals surface area contributed by atoms with Crippen molar-refractivity contribution in [1.29, 1.82) is 0 Å². The van der Waals surface area contributed by atoms with Gasteiger partial charge in [-0.3, -0.25) is 10.1 Å². The summed E-state index contributed by atoms with van der Waals surface area (Å²) in [6, 6.07) is 14.0. The molecule has 1 aromatic heterocycles. The number of nitrogens with one attached hydrogen (secondary N) is 3. The van der Waals surface area contributed by atoms with Crippen molar-refractivity contribution in [3.05, 3.63) is 64.6 Å². The second-order valence-corrected chi connectivity index (χ2v) is 7.69. The Morgan fingerprint density at radius 3 is 2.48 bits per heavy atom. The Labute approximate surface area is 177 Å². The number of urea groups is 1. The second kappa shape index (κ2) is 9.40. The Morgan fingerprint density at radius 2 is 1.79 bits per heavy atom. The van der Waals surface area contributed by atoms with E-state index in [1.807, 2.05) is 43.3 Å². The molecular weight excluding hydrogens is 410 g/mol. The molecule has 3 aromatic rings. The predicted molar refractivity (Wildman–Crippen MR) is 119 cm³/mol. The number of hydrogen-bond acceptors (Lipinski definition) is 5. The van der Waals surface area contributed by atoms with Crippen molar-refractivity contribution in [3.8, 4) is 0 Å². The average molecular weight is 430 g/mol. The third kappa shape index (κ3) is 6.20. The molecule has 3 amide bonds. The fourth-order valence-electron chi connectivity index (χ4n) is 2.48. The summed E-state index contributed by atoms with van der Waals surface area (Å²) in [4.78, 5) is 30.6. The minimum atomic E-state index is -0.432. The molecule has 3 rings (SSSR count). The molecule has 0 radical (unpaired) electrons. The normalized spacial score (nSPS) is 10.3. The maximum Gasteiger partial charge on any atom is 0.325 e. The highest BCUT2D eigenvalue weighted by Gasteiger charge is 2.11. The van der Waals surface area contributed by atoms with E-state index in [4.69, 9.17) is 11.6 Å². The molecule has 0 atom stereocenters. The van der Waals surface area contributed by atoms with E-state index in [0.29, 0.717) is 21.5 Å². The van der Waals surface area contributed by atoms with Crippen LogP contribution in [0.15, 0.2) is 53.9 Å². The Kier molecular flexibility index (Phi) is 6.69. The zero-order valence-corrected chi connectivity index (χ0v) is 17.5. The summed E-state index contributed by atoms with van der Waals surface area (Å²) in [5.74, 6) is -0.178. The number of thiazole rings is 1. The summed E-state index contributed by atoms with van der Waals surface area (Å²) in [5, 5.41) is 10.8. The van der Waals surface area contributed by atoms with Crippen LogP contribution in [0.25, 0.3) is 0 Å². The van der Waals surface area contributed by atoms with Crippen LogP contribution in [0.3, 0.4) is 0 Å². The van der Waals surface area contributed by atoms with Crippen molar-refractivity contribution < 1.29 is 9.59 Å². The minimum absolute atomic E-state index is 0.115. The lowest BCUT2D eigenvalue weighted by Crippen LogP contribution is -2.19. The van der Waals surface area contributed by atoms with Gasteiger partial charge in [-0.25, -0.2) is 9.78 Å². The number of rotatable bonds is 6. The molecule has 0 saturated heterocycles. The number of hydrogen-bond donors (Lipinski definition) is 3. The lowest BCUT2D eigenvalue weighted by Gasteiger charge is -2.12. The molecule has 0 saturated carbocycles. The van der Waals surface area contributed by atoms with Crippen molar-refractivity contribution in [2.45, 2.75) is 6.42 Å². The molecule has 0 unspecified atom stereocenters. The molecule has 0 bridgehead atoms. The quantitative estimate of drug-likeness (QED) is 0.530. The van der Waals surface area contributed by atoms with Crippen molar-refractivity contribution in [1.82, 2.24) is 4.98 Å². The van der Waals surface area contributed by atoms with Gasteiger partial charge in [-0.05, 0) is 42.5 Å². The summed E-state index contributed by atoms with van der Waals surface area (Å²) in [5.41, 5.74) is 2.92. The van der Waals surface area contributed by atoms with E-state index in [9.17, 15) is 9.59 Å². The zero-order chi connectivity index (χ0) is 20.8. The molecule has 7 nitrogen and oxygen atoms in total. The minimum Gasteiger partial charge on any atom is -0.378 e. The first-order valence-electron chi connectivity index (χ1n) is 8.74. The highest BCUT2D eigenvalue weighted by molar-refractivity contribution is 7.14. The number of carbonyl (C=O) groups excluding carboxylic acids is 2. The van der Waals surface area contributed by atoms with Crippen molar-refractivity contribution >= 4 is 57.1 Å². The van der Waals surface area contributed by atoms with Crippen LogP contribution in [0.1, 0.15) is 5.69 Å². The maximum absolute atomic E-state index is 12.2. The van der Waals surface area contributed by atoms with Crippen LogP contribution in [-0.4, -0.2) is 31.0 Å². The summed E-state index contributed by atoms with van der Waals surface area (Å²) in [6.07, 6.45) is 0.115. The Bertz CT molecular complexity index is 1000. The predicted octanol–water partition coefficient (Wildman–Crippen LogP) is 4.69. The Balaban J connectivity index is 1.51. The Hall–Kier alpha value is -3.10. The van der Waals surface area contributed by atoms with E-state index in [0.717, 1.165) is 11.4 Å². The molecular formula is C20H20ClN5O2S. The van der Waals surface area contributed by atoms with Gasteiger partial charge in [0.15, 0.2) is 5.13 Å². The number of amides is 3. The summed E-state index contributed by atoms with van der Waals surface area (Å²) >= 11 is 7.15. The molecule has 0 aliphatic carbocycles. The van der Waals surface area contributed by atoms with Crippen LogP contribution in [-0.2, 0) is 11.2 Å². The average Bonchev–Trinajstić information content (AvgIpc) is 3.08. The molecule has 0 aliphatic rings. The van der Waals surface area contributed by atoms with Gasteiger partial charge in [0.05, 0.1) is 12.1 Å². The largest absolute Gasteiger partial charge is 0.378 e. The molecule has 0 spiro atoms. The van der Waals surface area contributed by atoms with Gasteiger partial charge >= 0.3 is 6.03 Å². The topological polar surface area (TPSA) is 86.4 Å². The number of anilines is 4. The van der Waals surface area contributed by atoms with Gasteiger partial charge in [-0.2, -0.15) is 0 Å². The van der Waals surface area contributed by atoms with E-state index in [1.54, 1.807) is 29.6 Å². The molecule has 1 heterocycles. The summed E-state index contributed by atoms with van der Waals surface area (Å²) in [6.45, 7) is 0. The first-order valence-corrected chi connectivity index (χ1v) is 10.00. The highest BCUT2D eigenvalue weighted by Crippen LogP contribution is 2.19. The van der Waals surface area contributed by atoms with Crippen LogP contribution in [0.5, 0.6) is 0 Å². The fourth-order valence-corrected chi connectivity index (χ4v) is 3.38. The van der Waals surface area contributed by atoms with Gasteiger partial charge in [0, 0.05) is 41.6 Å². The van der Waals surface area contributed by atoms with E-state index in [-0.39, 0.29) is 12.3 Å². The fraction of sp³-hybridized carbons (Fsp3) is 0.150. The third-order valence-electron chi connectivity index (χ3n) is 3.86. The number of carbonyl (C=O) groups is 2. The van der Waals surface area contributed by atoms with Crippen LogP contribution < -0.4 is 20.9 Å². The van der Waals surface area contributed by atoms with E-state index >= 15 is 0 Å².